The predicted octanol–water partition coefficient (Wildman–Crippen LogP) is 2.95. The summed E-state index contributed by atoms with van der Waals surface area (Å²) in [4.78, 5) is 24.3. The van der Waals surface area contributed by atoms with Gasteiger partial charge >= 0.3 is 0 Å². The Morgan fingerprint density at radius 1 is 1.18 bits per heavy atom. The smallest absolute Gasteiger partial charge is 0.266 e. The van der Waals surface area contributed by atoms with E-state index in [4.69, 9.17) is 9.15 Å². The predicted molar refractivity (Wildman–Crippen MR) is 106 cm³/mol. The number of carbonyl (C=O) groups is 1. The fourth-order valence-electron chi connectivity index (χ4n) is 2.88. The van der Waals surface area contributed by atoms with Gasteiger partial charge in [-0.15, -0.1) is 0 Å². The van der Waals surface area contributed by atoms with Gasteiger partial charge in [0.05, 0.1) is 24.4 Å². The number of ether oxygens (including phenoxy) is 1. The van der Waals surface area contributed by atoms with E-state index in [-0.39, 0.29) is 24.6 Å². The maximum absolute atomic E-state index is 12.2. The van der Waals surface area contributed by atoms with Gasteiger partial charge < -0.3 is 14.5 Å². The molecule has 0 bridgehead atoms. The van der Waals surface area contributed by atoms with Crippen LogP contribution in [0.2, 0.25) is 0 Å². The zero-order valence-corrected chi connectivity index (χ0v) is 16.2. The number of rotatable bonds is 7. The van der Waals surface area contributed by atoms with Gasteiger partial charge in [0.1, 0.15) is 17.3 Å². The molecular weight excluding hydrogens is 358 g/mol. The first-order valence-corrected chi connectivity index (χ1v) is 9.14. The summed E-state index contributed by atoms with van der Waals surface area (Å²) < 4.78 is 12.2. The molecule has 3 rings (SSSR count). The van der Waals surface area contributed by atoms with Gasteiger partial charge in [0.2, 0.25) is 0 Å². The number of carbonyl (C=O) groups excluding carboxylic acids is 1. The topological polar surface area (TPSA) is 86.4 Å². The van der Waals surface area contributed by atoms with Crippen LogP contribution in [0.5, 0.6) is 5.75 Å². The molecule has 0 aliphatic rings. The van der Waals surface area contributed by atoms with Crippen molar-refractivity contribution >= 4 is 5.91 Å². The van der Waals surface area contributed by atoms with Gasteiger partial charge in [-0.1, -0.05) is 0 Å². The first-order valence-electron chi connectivity index (χ1n) is 9.14. The third-order valence-electron chi connectivity index (χ3n) is 4.22. The number of hydrogen-bond acceptors (Lipinski definition) is 5. The largest absolute Gasteiger partial charge is 0.494 e. The Morgan fingerprint density at radius 2 is 1.93 bits per heavy atom. The van der Waals surface area contributed by atoms with Gasteiger partial charge in [0, 0.05) is 18.2 Å². The maximum atomic E-state index is 12.2. The van der Waals surface area contributed by atoms with Crippen LogP contribution in [0.3, 0.4) is 0 Å². The second-order valence-corrected chi connectivity index (χ2v) is 6.32. The van der Waals surface area contributed by atoms with Crippen LogP contribution in [0.1, 0.15) is 28.8 Å². The van der Waals surface area contributed by atoms with Gasteiger partial charge in [-0.25, -0.2) is 4.68 Å². The Kier molecular flexibility index (Phi) is 5.93. The van der Waals surface area contributed by atoms with Crippen molar-refractivity contribution in [3.8, 4) is 17.0 Å². The van der Waals surface area contributed by atoms with E-state index in [1.54, 1.807) is 26.0 Å². The molecule has 0 saturated carbocycles. The molecule has 0 unspecified atom stereocenters. The van der Waals surface area contributed by atoms with E-state index in [9.17, 15) is 9.59 Å². The molecule has 0 aliphatic heterocycles. The van der Waals surface area contributed by atoms with E-state index in [0.717, 1.165) is 11.3 Å². The average Bonchev–Trinajstić information content (AvgIpc) is 3.02. The Hall–Kier alpha value is -3.35. The van der Waals surface area contributed by atoms with E-state index < -0.39 is 0 Å². The molecule has 3 aromatic rings. The SMILES string of the molecule is CCOc1ccc(-c2ccc(=O)n(CCNC(=O)c3cc(C)oc3C)n2)cc1. The molecule has 1 amide bonds. The van der Waals surface area contributed by atoms with Crippen LogP contribution in [0.15, 0.2) is 51.7 Å². The number of nitrogens with one attached hydrogen (secondary N) is 1. The third-order valence-corrected chi connectivity index (χ3v) is 4.22. The lowest BCUT2D eigenvalue weighted by molar-refractivity contribution is 0.0950. The van der Waals surface area contributed by atoms with Crippen molar-refractivity contribution in [3.63, 3.8) is 0 Å². The quantitative estimate of drug-likeness (QED) is 0.680. The third kappa shape index (κ3) is 4.49. The highest BCUT2D eigenvalue weighted by Crippen LogP contribution is 2.19. The molecule has 2 heterocycles. The maximum Gasteiger partial charge on any atom is 0.266 e. The second-order valence-electron chi connectivity index (χ2n) is 6.32. The van der Waals surface area contributed by atoms with Crippen LogP contribution >= 0.6 is 0 Å². The Bertz CT molecular complexity index is 1020. The molecule has 0 saturated heterocycles. The summed E-state index contributed by atoms with van der Waals surface area (Å²) in [7, 11) is 0. The number of hydrogen-bond donors (Lipinski definition) is 1. The molecule has 28 heavy (non-hydrogen) atoms. The summed E-state index contributed by atoms with van der Waals surface area (Å²) in [5.41, 5.74) is 1.83. The van der Waals surface area contributed by atoms with Gasteiger partial charge in [0.15, 0.2) is 0 Å². The number of benzene rings is 1. The fraction of sp³-hybridized carbons (Fsp3) is 0.286. The van der Waals surface area contributed by atoms with E-state index in [0.29, 0.717) is 29.4 Å². The van der Waals surface area contributed by atoms with Crippen LogP contribution in [0.4, 0.5) is 0 Å². The van der Waals surface area contributed by atoms with Gasteiger partial charge in [-0.05, 0) is 57.2 Å². The highest BCUT2D eigenvalue weighted by atomic mass is 16.5. The fourth-order valence-corrected chi connectivity index (χ4v) is 2.88. The normalized spacial score (nSPS) is 10.7. The molecule has 0 fully saturated rings. The first-order chi connectivity index (χ1) is 13.5. The minimum absolute atomic E-state index is 0.223. The zero-order chi connectivity index (χ0) is 20.1. The molecule has 0 spiro atoms. The van der Waals surface area contributed by atoms with Gasteiger partial charge in [0.25, 0.3) is 11.5 Å². The van der Waals surface area contributed by atoms with Crippen molar-refractivity contribution in [1.82, 2.24) is 15.1 Å². The minimum atomic E-state index is -0.231. The Balaban J connectivity index is 1.67. The molecule has 0 aliphatic carbocycles. The van der Waals surface area contributed by atoms with Crippen molar-refractivity contribution in [2.75, 3.05) is 13.2 Å². The molecule has 1 N–H and O–H groups in total. The lowest BCUT2D eigenvalue weighted by Crippen LogP contribution is -2.32. The van der Waals surface area contributed by atoms with E-state index in [1.165, 1.54) is 10.7 Å². The van der Waals surface area contributed by atoms with E-state index >= 15 is 0 Å². The van der Waals surface area contributed by atoms with Crippen LogP contribution < -0.4 is 15.6 Å². The summed E-state index contributed by atoms with van der Waals surface area (Å²) in [5.74, 6) is 1.81. The van der Waals surface area contributed by atoms with Crippen LogP contribution in [0, 0.1) is 13.8 Å². The van der Waals surface area contributed by atoms with Crippen molar-refractivity contribution in [1.29, 1.82) is 0 Å². The van der Waals surface area contributed by atoms with Crippen LogP contribution in [-0.4, -0.2) is 28.8 Å². The van der Waals surface area contributed by atoms with Crippen molar-refractivity contribution in [2.24, 2.45) is 0 Å². The highest BCUT2D eigenvalue weighted by molar-refractivity contribution is 5.95. The minimum Gasteiger partial charge on any atom is -0.494 e. The number of aromatic nitrogens is 2. The average molecular weight is 381 g/mol. The van der Waals surface area contributed by atoms with E-state index in [2.05, 4.69) is 10.4 Å². The summed E-state index contributed by atoms with van der Waals surface area (Å²) in [6.45, 7) is 6.62. The standard InChI is InChI=1S/C21H23N3O4/c1-4-27-17-7-5-16(6-8-17)19-9-10-20(25)24(23-19)12-11-22-21(26)18-13-14(2)28-15(18)3/h5-10,13H,4,11-12H2,1-3H3,(H,22,26). The van der Waals surface area contributed by atoms with E-state index in [1.807, 2.05) is 31.2 Å². The number of aryl methyl sites for hydroxylation is 2. The molecule has 1 aromatic carbocycles. The number of amides is 1. The Morgan fingerprint density at radius 3 is 2.57 bits per heavy atom. The lowest BCUT2D eigenvalue weighted by atomic mass is 10.1. The molecule has 7 heteroatoms. The van der Waals surface area contributed by atoms with Crippen molar-refractivity contribution < 1.29 is 13.9 Å². The molecular formula is C21H23N3O4. The molecule has 146 valence electrons. The zero-order valence-electron chi connectivity index (χ0n) is 16.2. The second kappa shape index (κ2) is 8.56. The molecule has 0 radical (unpaired) electrons. The lowest BCUT2D eigenvalue weighted by Gasteiger charge is -2.09. The van der Waals surface area contributed by atoms with Crippen molar-refractivity contribution in [2.45, 2.75) is 27.3 Å². The summed E-state index contributed by atoms with van der Waals surface area (Å²) >= 11 is 0. The molecule has 2 aromatic heterocycles. The number of furan rings is 1. The van der Waals surface area contributed by atoms with Gasteiger partial charge in [-0.2, -0.15) is 5.10 Å². The summed E-state index contributed by atoms with van der Waals surface area (Å²) in [6.07, 6.45) is 0. The molecule has 0 atom stereocenters. The Labute approximate surface area is 162 Å². The van der Waals surface area contributed by atoms with Gasteiger partial charge in [-0.3, -0.25) is 9.59 Å². The van der Waals surface area contributed by atoms with Crippen LogP contribution in [0.25, 0.3) is 11.3 Å². The molecule has 7 nitrogen and oxygen atoms in total. The monoisotopic (exact) mass is 381 g/mol. The van der Waals surface area contributed by atoms with Crippen LogP contribution in [-0.2, 0) is 6.54 Å². The first kappa shape index (κ1) is 19.4. The summed E-state index contributed by atoms with van der Waals surface area (Å²) in [6, 6.07) is 12.4. The number of nitrogens with zero attached hydrogens (tertiary/aromatic N) is 2. The highest BCUT2D eigenvalue weighted by Gasteiger charge is 2.13. The van der Waals surface area contributed by atoms with Crippen molar-refractivity contribution in [3.05, 3.63) is 69.9 Å². The summed E-state index contributed by atoms with van der Waals surface area (Å²) in [5, 5.41) is 7.20.